The third-order valence-electron chi connectivity index (χ3n) is 5.16. The fraction of sp³-hybridized carbons (Fsp3) is 1.00. The van der Waals surface area contributed by atoms with Crippen LogP contribution in [-0.2, 0) is 4.74 Å². The lowest BCUT2D eigenvalue weighted by Gasteiger charge is -2.46. The number of hydrogen-bond donors (Lipinski definition) is 1. The van der Waals surface area contributed by atoms with Gasteiger partial charge in [0.25, 0.3) is 0 Å². The first-order valence-electron chi connectivity index (χ1n) is 8.95. The molecule has 1 fully saturated rings. The maximum absolute atomic E-state index is 6.36. The van der Waals surface area contributed by atoms with E-state index < -0.39 is 0 Å². The average molecular weight is 284 g/mol. The molecule has 0 bridgehead atoms. The highest BCUT2D eigenvalue weighted by Gasteiger charge is 2.41. The smallest absolute Gasteiger partial charge is 0.0834 e. The zero-order valence-corrected chi connectivity index (χ0v) is 14.5. The van der Waals surface area contributed by atoms with Crippen LogP contribution < -0.4 is 5.32 Å². The summed E-state index contributed by atoms with van der Waals surface area (Å²) in [5.74, 6) is 1.65. The summed E-state index contributed by atoms with van der Waals surface area (Å²) in [4.78, 5) is 0. The van der Waals surface area contributed by atoms with Crippen LogP contribution in [0.3, 0.4) is 0 Å². The van der Waals surface area contributed by atoms with Crippen molar-refractivity contribution < 1.29 is 4.74 Å². The number of rotatable bonds is 9. The average Bonchev–Trinajstić information content (AvgIpc) is 2.46. The molecule has 0 aromatic rings. The van der Waals surface area contributed by atoms with E-state index in [0.29, 0.717) is 6.04 Å². The van der Waals surface area contributed by atoms with Crippen molar-refractivity contribution in [3.63, 3.8) is 0 Å². The lowest BCUT2D eigenvalue weighted by atomic mass is 9.73. The Hall–Kier alpha value is -0.0800. The first kappa shape index (κ1) is 18.0. The van der Waals surface area contributed by atoms with Crippen molar-refractivity contribution >= 4 is 0 Å². The fourth-order valence-corrected chi connectivity index (χ4v) is 3.50. The van der Waals surface area contributed by atoms with E-state index in [1.807, 2.05) is 0 Å². The van der Waals surface area contributed by atoms with Gasteiger partial charge in [-0.3, -0.25) is 0 Å². The molecule has 2 nitrogen and oxygen atoms in total. The number of nitrogens with one attached hydrogen (secondary N) is 1. The molecule has 0 spiro atoms. The summed E-state index contributed by atoms with van der Waals surface area (Å²) in [6, 6.07) is 0.532. The van der Waals surface area contributed by atoms with Gasteiger partial charge in [-0.15, -0.1) is 0 Å². The van der Waals surface area contributed by atoms with Crippen molar-refractivity contribution in [3.8, 4) is 0 Å². The minimum Gasteiger partial charge on any atom is -0.374 e. The van der Waals surface area contributed by atoms with E-state index in [9.17, 15) is 0 Å². The van der Waals surface area contributed by atoms with Gasteiger partial charge >= 0.3 is 0 Å². The van der Waals surface area contributed by atoms with Crippen LogP contribution in [0.2, 0.25) is 0 Å². The van der Waals surface area contributed by atoms with Crippen LogP contribution in [0, 0.1) is 11.8 Å². The van der Waals surface area contributed by atoms with Crippen LogP contribution in [0.1, 0.15) is 79.6 Å². The van der Waals surface area contributed by atoms with Gasteiger partial charge in [0.05, 0.1) is 5.60 Å². The summed E-state index contributed by atoms with van der Waals surface area (Å²) in [5, 5.41) is 3.82. The lowest BCUT2D eigenvalue weighted by molar-refractivity contribution is -0.100. The zero-order valence-electron chi connectivity index (χ0n) is 14.5. The molecular weight excluding hydrogens is 246 g/mol. The molecule has 1 rings (SSSR count). The molecule has 1 saturated carbocycles. The second kappa shape index (κ2) is 9.04. The van der Waals surface area contributed by atoms with Crippen LogP contribution >= 0.6 is 0 Å². The molecule has 2 unspecified atom stereocenters. The third kappa shape index (κ3) is 5.04. The standard InChI is InChI=1S/C18H37NO/c1-6-13-19-17(14-15(4)7-2)18(20-8-3)11-9-16(5)10-12-18/h15-17,19H,6-14H2,1-5H3. The zero-order chi connectivity index (χ0) is 15.0. The summed E-state index contributed by atoms with van der Waals surface area (Å²) in [7, 11) is 0. The quantitative estimate of drug-likeness (QED) is 0.658. The molecule has 20 heavy (non-hydrogen) atoms. The maximum Gasteiger partial charge on any atom is 0.0834 e. The monoisotopic (exact) mass is 283 g/mol. The molecule has 0 aliphatic heterocycles. The third-order valence-corrected chi connectivity index (χ3v) is 5.16. The summed E-state index contributed by atoms with van der Waals surface area (Å²) in [6.45, 7) is 13.4. The van der Waals surface area contributed by atoms with Crippen LogP contribution in [0.15, 0.2) is 0 Å². The van der Waals surface area contributed by atoms with Gasteiger partial charge in [-0.25, -0.2) is 0 Å². The summed E-state index contributed by atoms with van der Waals surface area (Å²) in [5.41, 5.74) is 0.0971. The van der Waals surface area contributed by atoms with Gasteiger partial charge in [0.2, 0.25) is 0 Å². The van der Waals surface area contributed by atoms with Crippen molar-refractivity contribution in [3.05, 3.63) is 0 Å². The molecule has 0 radical (unpaired) electrons. The van der Waals surface area contributed by atoms with Gasteiger partial charge in [-0.2, -0.15) is 0 Å². The highest BCUT2D eigenvalue weighted by Crippen LogP contribution is 2.39. The van der Waals surface area contributed by atoms with Crippen molar-refractivity contribution in [1.82, 2.24) is 5.32 Å². The summed E-state index contributed by atoms with van der Waals surface area (Å²) < 4.78 is 6.36. The molecule has 1 N–H and O–H groups in total. The van der Waals surface area contributed by atoms with Crippen molar-refractivity contribution in [2.75, 3.05) is 13.2 Å². The minimum atomic E-state index is 0.0971. The van der Waals surface area contributed by atoms with E-state index in [-0.39, 0.29) is 5.60 Å². The SMILES string of the molecule is CCCNC(CC(C)CC)C1(OCC)CCC(C)CC1. The molecule has 2 atom stereocenters. The molecule has 2 heteroatoms. The van der Waals surface area contributed by atoms with Crippen LogP contribution in [0.25, 0.3) is 0 Å². The molecule has 0 aromatic carbocycles. The van der Waals surface area contributed by atoms with Crippen molar-refractivity contribution in [2.24, 2.45) is 11.8 Å². The van der Waals surface area contributed by atoms with Gasteiger partial charge in [-0.1, -0.05) is 34.1 Å². The van der Waals surface area contributed by atoms with Gasteiger partial charge < -0.3 is 10.1 Å². The topological polar surface area (TPSA) is 21.3 Å². The van der Waals surface area contributed by atoms with Gasteiger partial charge in [0.15, 0.2) is 0 Å². The maximum atomic E-state index is 6.36. The van der Waals surface area contributed by atoms with E-state index in [1.54, 1.807) is 0 Å². The summed E-state index contributed by atoms with van der Waals surface area (Å²) >= 11 is 0. The number of hydrogen-bond acceptors (Lipinski definition) is 2. The number of ether oxygens (including phenoxy) is 1. The first-order chi connectivity index (χ1) is 9.57. The molecule has 120 valence electrons. The Balaban J connectivity index is 2.79. The second-order valence-corrected chi connectivity index (χ2v) is 6.94. The fourth-order valence-electron chi connectivity index (χ4n) is 3.50. The Bertz CT molecular complexity index is 246. The predicted molar refractivity (Wildman–Crippen MR) is 88.1 cm³/mol. The molecule has 0 aromatic heterocycles. The molecule has 0 amide bonds. The second-order valence-electron chi connectivity index (χ2n) is 6.94. The first-order valence-corrected chi connectivity index (χ1v) is 8.95. The highest BCUT2D eigenvalue weighted by atomic mass is 16.5. The normalized spacial score (nSPS) is 30.1. The minimum absolute atomic E-state index is 0.0971. The molecule has 1 aliphatic rings. The van der Waals surface area contributed by atoms with Crippen LogP contribution in [0.4, 0.5) is 0 Å². The Morgan fingerprint density at radius 1 is 1.20 bits per heavy atom. The Kier molecular flexibility index (Phi) is 8.13. The van der Waals surface area contributed by atoms with Crippen LogP contribution in [-0.4, -0.2) is 24.8 Å². The molecule has 0 heterocycles. The highest BCUT2D eigenvalue weighted by molar-refractivity contribution is 4.97. The van der Waals surface area contributed by atoms with Gasteiger partial charge in [0, 0.05) is 12.6 Å². The Labute approximate surface area is 127 Å². The van der Waals surface area contributed by atoms with E-state index in [2.05, 4.69) is 39.9 Å². The Morgan fingerprint density at radius 3 is 2.35 bits per heavy atom. The van der Waals surface area contributed by atoms with Gasteiger partial charge in [0.1, 0.15) is 0 Å². The largest absolute Gasteiger partial charge is 0.374 e. The van der Waals surface area contributed by atoms with E-state index in [1.165, 1.54) is 44.9 Å². The van der Waals surface area contributed by atoms with Crippen molar-refractivity contribution in [2.45, 2.75) is 91.2 Å². The van der Waals surface area contributed by atoms with Gasteiger partial charge in [-0.05, 0) is 63.8 Å². The van der Waals surface area contributed by atoms with E-state index >= 15 is 0 Å². The van der Waals surface area contributed by atoms with E-state index in [4.69, 9.17) is 4.74 Å². The van der Waals surface area contributed by atoms with Crippen LogP contribution in [0.5, 0.6) is 0 Å². The Morgan fingerprint density at radius 2 is 1.85 bits per heavy atom. The summed E-state index contributed by atoms with van der Waals surface area (Å²) in [6.07, 6.45) is 8.85. The molecular formula is C18H37NO. The predicted octanol–water partition coefficient (Wildman–Crippen LogP) is 4.78. The molecule has 0 saturated heterocycles. The van der Waals surface area contributed by atoms with Crippen molar-refractivity contribution in [1.29, 1.82) is 0 Å². The molecule has 1 aliphatic carbocycles. The van der Waals surface area contributed by atoms with E-state index in [0.717, 1.165) is 25.0 Å². The lowest BCUT2D eigenvalue weighted by Crippen LogP contribution is -2.55.